The second-order valence-corrected chi connectivity index (χ2v) is 16.2. The Bertz CT molecular complexity index is 917. The van der Waals surface area contributed by atoms with Gasteiger partial charge in [0.05, 0.1) is 0 Å². The second-order valence-electron chi connectivity index (χ2n) is 8.04. The number of ketones is 1. The van der Waals surface area contributed by atoms with Crippen molar-refractivity contribution in [3.63, 3.8) is 0 Å². The van der Waals surface area contributed by atoms with Crippen LogP contribution in [0.2, 0.25) is 4.44 Å². The van der Waals surface area contributed by atoms with Crippen molar-refractivity contribution in [3.05, 3.63) is 72.3 Å². The van der Waals surface area contributed by atoms with E-state index in [2.05, 4.69) is 54.6 Å². The molecule has 0 aliphatic heterocycles. The van der Waals surface area contributed by atoms with Crippen LogP contribution in [0, 0.1) is 5.92 Å². The maximum atomic E-state index is 11.7. The van der Waals surface area contributed by atoms with Gasteiger partial charge in [0.2, 0.25) is 0 Å². The summed E-state index contributed by atoms with van der Waals surface area (Å²) in [6, 6.07) is 24.4. The van der Waals surface area contributed by atoms with Crippen LogP contribution in [0.15, 0.2) is 66.7 Å². The molecule has 0 amide bonds. The van der Waals surface area contributed by atoms with E-state index in [1.54, 1.807) is 14.1 Å². The Balaban J connectivity index is 1.76. The number of fused-ring (bicyclic) bond motifs is 1. The molecule has 1 saturated carbocycles. The van der Waals surface area contributed by atoms with Crippen molar-refractivity contribution in [3.8, 4) is 0 Å². The Kier molecular flexibility index (Phi) is 5.97. The van der Waals surface area contributed by atoms with Crippen molar-refractivity contribution >= 4 is 43.5 Å². The third kappa shape index (κ3) is 4.29. The molecule has 138 valence electrons. The molecule has 1 nitrogen and oxygen atoms in total. The molecule has 27 heavy (non-hydrogen) atoms. The molecule has 1 atom stereocenters. The topological polar surface area (TPSA) is 17.1 Å². The predicted molar refractivity (Wildman–Crippen MR) is 118 cm³/mol. The van der Waals surface area contributed by atoms with E-state index in [1.165, 1.54) is 47.3 Å². The molecule has 2 heteroatoms. The molecule has 3 aromatic carbocycles. The van der Waals surface area contributed by atoms with Crippen molar-refractivity contribution in [2.24, 2.45) is 5.92 Å². The molecule has 1 fully saturated rings. The summed E-state index contributed by atoms with van der Waals surface area (Å²) in [5.41, 5.74) is 0.833. The van der Waals surface area contributed by atoms with Gasteiger partial charge in [-0.2, -0.15) is 0 Å². The van der Waals surface area contributed by atoms with Crippen LogP contribution in [0.1, 0.15) is 49.4 Å². The van der Waals surface area contributed by atoms with E-state index in [1.807, 2.05) is 12.1 Å². The molecule has 0 saturated heterocycles. The van der Waals surface area contributed by atoms with Gasteiger partial charge in [0.25, 0.3) is 0 Å². The van der Waals surface area contributed by atoms with Crippen LogP contribution in [0.3, 0.4) is 0 Å². The molecular weight excluding hydrogens is 435 g/mol. The standard InChI is InChI=1S/C10H7.C8H7O.C7H13.Sn.H/c1-2-6-10-8-4-3-7-9(10)5-1;1-7(9)8-5-3-2-4-6-8;1-7-5-3-2-4-6-7;;/h1-7H;3-6H,1H3;7H,1-6H2;;. The molecule has 1 aliphatic rings. The zero-order chi connectivity index (χ0) is 18.6. The van der Waals surface area contributed by atoms with Crippen molar-refractivity contribution in [1.82, 2.24) is 0 Å². The molecular formula is C25H28OSn. The molecule has 3 aromatic rings. The number of hydrogen-bond donors (Lipinski definition) is 0. The van der Waals surface area contributed by atoms with Gasteiger partial charge in [0, 0.05) is 0 Å². The van der Waals surface area contributed by atoms with Crippen molar-refractivity contribution in [1.29, 1.82) is 0 Å². The third-order valence-electron chi connectivity index (χ3n) is 6.21. The number of hydrogen-bond acceptors (Lipinski definition) is 1. The fourth-order valence-electron chi connectivity index (χ4n) is 4.70. The summed E-state index contributed by atoms with van der Waals surface area (Å²) in [6.45, 7) is 1.66. The minimum atomic E-state index is -2.22. The Hall–Kier alpha value is -1.61. The van der Waals surface area contributed by atoms with Crippen LogP contribution < -0.4 is 7.16 Å². The van der Waals surface area contributed by atoms with E-state index < -0.39 is 19.8 Å². The van der Waals surface area contributed by atoms with Gasteiger partial charge >= 0.3 is 170 Å². The number of carbonyl (C=O) groups is 1. The average Bonchev–Trinajstić information content (AvgIpc) is 2.72. The van der Waals surface area contributed by atoms with Gasteiger partial charge in [-0.05, 0) is 0 Å². The van der Waals surface area contributed by atoms with Gasteiger partial charge < -0.3 is 0 Å². The van der Waals surface area contributed by atoms with E-state index in [-0.39, 0.29) is 5.78 Å². The Morgan fingerprint density at radius 1 is 0.889 bits per heavy atom. The van der Waals surface area contributed by atoms with Crippen LogP contribution in [0.4, 0.5) is 0 Å². The van der Waals surface area contributed by atoms with Gasteiger partial charge in [0.1, 0.15) is 0 Å². The summed E-state index contributed by atoms with van der Waals surface area (Å²) in [4.78, 5) is 11.7. The average molecular weight is 463 g/mol. The Morgan fingerprint density at radius 3 is 2.33 bits per heavy atom. The first-order valence-electron chi connectivity index (χ1n) is 10.3. The molecule has 0 radical (unpaired) electrons. The van der Waals surface area contributed by atoms with E-state index in [9.17, 15) is 4.79 Å². The van der Waals surface area contributed by atoms with E-state index in [0.717, 1.165) is 11.5 Å². The second kappa shape index (κ2) is 8.60. The molecule has 0 N–H and O–H groups in total. The molecule has 0 heterocycles. The molecule has 4 rings (SSSR count). The monoisotopic (exact) mass is 464 g/mol. The van der Waals surface area contributed by atoms with Crippen LogP contribution in [0.5, 0.6) is 0 Å². The van der Waals surface area contributed by atoms with E-state index in [0.29, 0.717) is 0 Å². The summed E-state index contributed by atoms with van der Waals surface area (Å²) < 4.78 is 4.59. The summed E-state index contributed by atoms with van der Waals surface area (Å²) in [7, 11) is 0. The fraction of sp³-hybridized carbons (Fsp3) is 0.320. The first kappa shape index (κ1) is 18.7. The summed E-state index contributed by atoms with van der Waals surface area (Å²) >= 11 is -2.22. The minimum absolute atomic E-state index is 0.158. The van der Waals surface area contributed by atoms with Gasteiger partial charge in [-0.1, -0.05) is 0 Å². The van der Waals surface area contributed by atoms with Crippen molar-refractivity contribution in [2.45, 2.75) is 43.5 Å². The zero-order valence-corrected chi connectivity index (χ0v) is 19.5. The summed E-state index contributed by atoms with van der Waals surface area (Å²) in [6.07, 6.45) is 7.04. The molecule has 1 aliphatic carbocycles. The number of Topliss-reactive ketones (excluding diaryl/α,β-unsaturated/α-hetero) is 1. The number of carbonyl (C=O) groups excluding carboxylic acids is 1. The SMILES string of the molecule is CC(=O)c1cc[c]([SnH]([CH2]C2CCCCC2)[c]2cccc3ccccc23)cc1. The molecule has 0 bridgehead atoms. The van der Waals surface area contributed by atoms with E-state index >= 15 is 0 Å². The van der Waals surface area contributed by atoms with Gasteiger partial charge in [-0.25, -0.2) is 0 Å². The number of rotatable bonds is 5. The third-order valence-corrected chi connectivity index (χ3v) is 16.4. The molecule has 1 unspecified atom stereocenters. The Labute approximate surface area is 169 Å². The van der Waals surface area contributed by atoms with Crippen LogP contribution in [-0.2, 0) is 0 Å². The van der Waals surface area contributed by atoms with Crippen LogP contribution >= 0.6 is 0 Å². The van der Waals surface area contributed by atoms with Crippen LogP contribution in [0.25, 0.3) is 10.8 Å². The Morgan fingerprint density at radius 2 is 1.59 bits per heavy atom. The van der Waals surface area contributed by atoms with Crippen molar-refractivity contribution < 1.29 is 4.79 Å². The first-order valence-corrected chi connectivity index (χ1v) is 15.9. The molecule has 0 spiro atoms. The normalized spacial score (nSPS) is 16.3. The summed E-state index contributed by atoms with van der Waals surface area (Å²) in [5.74, 6) is 1.05. The summed E-state index contributed by atoms with van der Waals surface area (Å²) in [5, 5.41) is 2.81. The van der Waals surface area contributed by atoms with Gasteiger partial charge in [0.15, 0.2) is 0 Å². The van der Waals surface area contributed by atoms with Gasteiger partial charge in [-0.15, -0.1) is 0 Å². The van der Waals surface area contributed by atoms with Gasteiger partial charge in [-0.3, -0.25) is 0 Å². The molecule has 0 aromatic heterocycles. The number of benzene rings is 3. The fourth-order valence-corrected chi connectivity index (χ4v) is 15.2. The van der Waals surface area contributed by atoms with Crippen molar-refractivity contribution in [2.75, 3.05) is 0 Å². The maximum absolute atomic E-state index is 11.7. The predicted octanol–water partition coefficient (Wildman–Crippen LogP) is 4.96. The first-order chi connectivity index (χ1) is 13.2. The van der Waals surface area contributed by atoms with Crippen LogP contribution in [-0.4, -0.2) is 25.5 Å². The quantitative estimate of drug-likeness (QED) is 0.386. The van der Waals surface area contributed by atoms with E-state index in [4.69, 9.17) is 0 Å². The zero-order valence-electron chi connectivity index (χ0n) is 16.2.